The molecule has 1 saturated carbocycles. The van der Waals surface area contributed by atoms with E-state index in [4.69, 9.17) is 15.2 Å². The topological polar surface area (TPSA) is 104 Å². The van der Waals surface area contributed by atoms with Gasteiger partial charge >= 0.3 is 0 Å². The van der Waals surface area contributed by atoms with Crippen molar-refractivity contribution in [2.45, 2.75) is 25.2 Å². The lowest BCUT2D eigenvalue weighted by atomic mass is 9.84. The van der Waals surface area contributed by atoms with Crippen LogP contribution in [-0.4, -0.2) is 26.0 Å². The van der Waals surface area contributed by atoms with Crippen molar-refractivity contribution in [2.75, 3.05) is 14.2 Å². The number of hydrogen-bond donors (Lipinski definition) is 1. The summed E-state index contributed by atoms with van der Waals surface area (Å²) in [4.78, 5) is 4.22. The summed E-state index contributed by atoms with van der Waals surface area (Å²) in [5.41, 5.74) is 4.53. The summed E-state index contributed by atoms with van der Waals surface area (Å²) in [6, 6.07) is 12.2. The van der Waals surface area contributed by atoms with Gasteiger partial charge in [0.05, 0.1) is 12.1 Å². The van der Waals surface area contributed by atoms with E-state index in [0.717, 1.165) is 11.1 Å². The molecule has 0 radical (unpaired) electrons. The molecule has 23 heavy (non-hydrogen) atoms. The average Bonchev–Trinajstić information content (AvgIpc) is 2.97. The number of ether oxygens (including phenoxy) is 2. The first kappa shape index (κ1) is 15.5. The van der Waals surface area contributed by atoms with Gasteiger partial charge in [-0.2, -0.15) is 10.5 Å². The first-order chi connectivity index (χ1) is 10.9. The fraction of sp³-hybridized carbons (Fsp3) is 0.471. The largest absolute Gasteiger partial charge is 0.386 e. The van der Waals surface area contributed by atoms with Crippen molar-refractivity contribution in [1.82, 2.24) is 0 Å². The number of nitriles is 2. The Labute approximate surface area is 135 Å². The molecule has 0 unspecified atom stereocenters. The molecule has 3 rings (SSSR count). The molecule has 0 spiro atoms. The number of nitrogens with two attached hydrogens (primary N) is 1. The Kier molecular flexibility index (Phi) is 2.91. The van der Waals surface area contributed by atoms with E-state index in [-0.39, 0.29) is 5.84 Å². The van der Waals surface area contributed by atoms with Gasteiger partial charge in [-0.15, -0.1) is 0 Å². The number of hydrogen-bond acceptors (Lipinski definition) is 6. The fourth-order valence-electron chi connectivity index (χ4n) is 4.37. The minimum Gasteiger partial charge on any atom is -0.386 e. The molecular formula is C17H18N4O2. The molecule has 1 heterocycles. The summed E-state index contributed by atoms with van der Waals surface area (Å²) < 4.78 is 10.9. The third-order valence-corrected chi connectivity index (χ3v) is 5.64. The molecule has 1 aromatic rings. The van der Waals surface area contributed by atoms with Crippen molar-refractivity contribution >= 4 is 5.84 Å². The quantitative estimate of drug-likeness (QED) is 0.854. The Morgan fingerprint density at radius 2 is 1.65 bits per heavy atom. The molecule has 0 bridgehead atoms. The van der Waals surface area contributed by atoms with E-state index in [1.54, 1.807) is 0 Å². The maximum Gasteiger partial charge on any atom is 0.293 e. The van der Waals surface area contributed by atoms with E-state index in [1.807, 2.05) is 38.1 Å². The van der Waals surface area contributed by atoms with E-state index >= 15 is 0 Å². The molecule has 3 atom stereocenters. The van der Waals surface area contributed by atoms with Crippen LogP contribution in [0.1, 0.15) is 18.1 Å². The second-order valence-electron chi connectivity index (χ2n) is 6.20. The van der Waals surface area contributed by atoms with E-state index in [9.17, 15) is 10.5 Å². The SMILES string of the molecule is COC1(OC)N=C(N)[C@@]2(C#N)[C@](C)(c3ccc(C)cc3)[C@@]12C#N. The summed E-state index contributed by atoms with van der Waals surface area (Å²) in [5, 5.41) is 20.0. The zero-order valence-electron chi connectivity index (χ0n) is 13.5. The predicted molar refractivity (Wildman–Crippen MR) is 83.0 cm³/mol. The van der Waals surface area contributed by atoms with E-state index in [0.29, 0.717) is 0 Å². The first-order valence-corrected chi connectivity index (χ1v) is 7.23. The Balaban J connectivity index is 2.33. The van der Waals surface area contributed by atoms with Crippen LogP contribution in [0.4, 0.5) is 0 Å². The molecule has 1 aliphatic carbocycles. The van der Waals surface area contributed by atoms with Gasteiger partial charge in [-0.3, -0.25) is 0 Å². The maximum absolute atomic E-state index is 10.0. The smallest absolute Gasteiger partial charge is 0.293 e. The van der Waals surface area contributed by atoms with Gasteiger partial charge in [0.2, 0.25) is 0 Å². The van der Waals surface area contributed by atoms with Gasteiger partial charge in [-0.1, -0.05) is 36.8 Å². The number of amidine groups is 1. The lowest BCUT2D eigenvalue weighted by molar-refractivity contribution is -0.233. The van der Waals surface area contributed by atoms with Crippen LogP contribution in [0.3, 0.4) is 0 Å². The van der Waals surface area contributed by atoms with Crippen LogP contribution in [-0.2, 0) is 14.9 Å². The standard InChI is InChI=1S/C17H18N4O2/c1-11-5-7-12(8-6-11)14(2)15(9-18)13(20)21-17(22-3,23-4)16(14,15)10-19/h5-8H,1-4H3,(H2,20,21)/t14-,15-,16+/m0/s1. The van der Waals surface area contributed by atoms with Crippen molar-refractivity contribution in [3.8, 4) is 12.1 Å². The number of aliphatic imine (C=N–C) groups is 1. The molecular weight excluding hydrogens is 292 g/mol. The van der Waals surface area contributed by atoms with E-state index in [1.165, 1.54) is 14.2 Å². The summed E-state index contributed by atoms with van der Waals surface area (Å²) >= 11 is 0. The van der Waals surface area contributed by atoms with Crippen molar-refractivity contribution in [3.05, 3.63) is 35.4 Å². The molecule has 118 valence electrons. The molecule has 1 aliphatic heterocycles. The third-order valence-electron chi connectivity index (χ3n) is 5.64. The molecule has 6 heteroatoms. The van der Waals surface area contributed by atoms with Gasteiger partial charge in [0.25, 0.3) is 5.91 Å². The van der Waals surface area contributed by atoms with Crippen LogP contribution >= 0.6 is 0 Å². The zero-order chi connectivity index (χ0) is 17.1. The molecule has 0 saturated heterocycles. The predicted octanol–water partition coefficient (Wildman–Crippen LogP) is 1.60. The lowest BCUT2D eigenvalue weighted by Gasteiger charge is -2.32. The van der Waals surface area contributed by atoms with Crippen LogP contribution in [0.25, 0.3) is 0 Å². The first-order valence-electron chi connectivity index (χ1n) is 7.23. The van der Waals surface area contributed by atoms with Crippen molar-refractivity contribution in [2.24, 2.45) is 21.6 Å². The number of nitrogens with zero attached hydrogens (tertiary/aromatic N) is 3. The number of rotatable bonds is 3. The Morgan fingerprint density at radius 1 is 1.09 bits per heavy atom. The van der Waals surface area contributed by atoms with Crippen molar-refractivity contribution < 1.29 is 9.47 Å². The number of aryl methyl sites for hydroxylation is 1. The average molecular weight is 310 g/mol. The lowest BCUT2D eigenvalue weighted by Crippen LogP contribution is -2.44. The highest BCUT2D eigenvalue weighted by Crippen LogP contribution is 2.85. The van der Waals surface area contributed by atoms with E-state index < -0.39 is 22.2 Å². The minimum absolute atomic E-state index is 0.0772. The van der Waals surface area contributed by atoms with Gasteiger partial charge in [0, 0.05) is 19.6 Å². The van der Waals surface area contributed by atoms with Crippen molar-refractivity contribution in [1.29, 1.82) is 10.5 Å². The Hall–Kier alpha value is -2.41. The molecule has 2 N–H and O–H groups in total. The molecule has 0 aromatic heterocycles. The van der Waals surface area contributed by atoms with Crippen LogP contribution in [0.15, 0.2) is 29.3 Å². The second-order valence-corrected chi connectivity index (χ2v) is 6.20. The highest BCUT2D eigenvalue weighted by molar-refractivity contribution is 6.02. The molecule has 1 aromatic carbocycles. The van der Waals surface area contributed by atoms with Crippen molar-refractivity contribution in [3.63, 3.8) is 0 Å². The van der Waals surface area contributed by atoms with Crippen LogP contribution < -0.4 is 5.73 Å². The molecule has 0 amide bonds. The maximum atomic E-state index is 10.0. The monoisotopic (exact) mass is 310 g/mol. The zero-order valence-corrected chi connectivity index (χ0v) is 13.5. The summed E-state index contributed by atoms with van der Waals surface area (Å²) in [6.45, 7) is 3.82. The molecule has 2 aliphatic rings. The Morgan fingerprint density at radius 3 is 2.09 bits per heavy atom. The molecule has 1 fully saturated rings. The highest BCUT2D eigenvalue weighted by atomic mass is 16.7. The van der Waals surface area contributed by atoms with Gasteiger partial charge < -0.3 is 15.2 Å². The normalized spacial score (nSPS) is 36.5. The third kappa shape index (κ3) is 1.22. The van der Waals surface area contributed by atoms with Gasteiger partial charge in [0.15, 0.2) is 10.8 Å². The van der Waals surface area contributed by atoms with E-state index in [2.05, 4.69) is 17.1 Å². The van der Waals surface area contributed by atoms with Gasteiger partial charge in [0.1, 0.15) is 5.84 Å². The van der Waals surface area contributed by atoms with Gasteiger partial charge in [-0.25, -0.2) is 4.99 Å². The number of benzene rings is 1. The summed E-state index contributed by atoms with van der Waals surface area (Å²) in [7, 11) is 2.81. The van der Waals surface area contributed by atoms with Crippen LogP contribution in [0.2, 0.25) is 0 Å². The van der Waals surface area contributed by atoms with Crippen LogP contribution in [0.5, 0.6) is 0 Å². The fourth-order valence-corrected chi connectivity index (χ4v) is 4.37. The Bertz CT molecular complexity index is 784. The van der Waals surface area contributed by atoms with Crippen LogP contribution in [0, 0.1) is 40.4 Å². The van der Waals surface area contributed by atoms with Gasteiger partial charge in [-0.05, 0) is 12.5 Å². The summed E-state index contributed by atoms with van der Waals surface area (Å²) in [5.74, 6) is -1.52. The number of fused-ring (bicyclic) bond motifs is 1. The second kappa shape index (κ2) is 4.32. The summed E-state index contributed by atoms with van der Waals surface area (Å²) in [6.07, 6.45) is 0. The minimum atomic E-state index is -1.60. The highest BCUT2D eigenvalue weighted by Gasteiger charge is 2.99. The molecule has 6 nitrogen and oxygen atoms in total. The number of methoxy groups -OCH3 is 2.